The Morgan fingerprint density at radius 1 is 1.00 bits per heavy atom. The predicted octanol–water partition coefficient (Wildman–Crippen LogP) is 5.11. The molecule has 98 valence electrons. The zero-order chi connectivity index (χ0) is 14.0. The Labute approximate surface area is 136 Å². The Balaban J connectivity index is 2.28. The summed E-state index contributed by atoms with van der Waals surface area (Å²) in [5, 5.41) is 9.79. The number of rotatable bonds is 3. The molecule has 2 aromatic carbocycles. The Bertz CT molecular complexity index is 639. The van der Waals surface area contributed by atoms with Crippen LogP contribution in [0.3, 0.4) is 0 Å². The van der Waals surface area contributed by atoms with Crippen molar-refractivity contribution >= 4 is 53.6 Å². The van der Waals surface area contributed by atoms with Gasteiger partial charge < -0.3 is 5.11 Å². The number of carbonyl (C=O) groups excluding carboxylic acids is 1. The Morgan fingerprint density at radius 2 is 1.63 bits per heavy atom. The maximum Gasteiger partial charge on any atom is 0.170 e. The summed E-state index contributed by atoms with van der Waals surface area (Å²) in [6, 6.07) is 10.5. The molecule has 0 fully saturated rings. The molecule has 0 saturated heterocycles. The van der Waals surface area contributed by atoms with Crippen molar-refractivity contribution in [3.05, 3.63) is 60.9 Å². The fourth-order valence-corrected chi connectivity index (χ4v) is 2.83. The molecule has 0 heterocycles. The van der Waals surface area contributed by atoms with E-state index >= 15 is 0 Å². The van der Waals surface area contributed by atoms with E-state index in [0.717, 1.165) is 19.0 Å². The SMILES string of the molecule is O=C(Cc1cc(Br)ccc1Br)c1ccc(Br)cc1O. The van der Waals surface area contributed by atoms with Crippen LogP contribution in [0, 0.1) is 0 Å². The maximum atomic E-state index is 12.2. The molecule has 0 aliphatic heterocycles. The molecule has 0 atom stereocenters. The van der Waals surface area contributed by atoms with Gasteiger partial charge in [-0.15, -0.1) is 0 Å². The second-order valence-electron chi connectivity index (χ2n) is 4.00. The van der Waals surface area contributed by atoms with Crippen LogP contribution in [0.5, 0.6) is 5.75 Å². The summed E-state index contributed by atoms with van der Waals surface area (Å²) in [6.45, 7) is 0. The van der Waals surface area contributed by atoms with Gasteiger partial charge in [-0.1, -0.05) is 47.8 Å². The third-order valence-corrected chi connectivity index (χ3v) is 4.38. The minimum Gasteiger partial charge on any atom is -0.507 e. The minimum atomic E-state index is -0.121. The smallest absolute Gasteiger partial charge is 0.170 e. The Hall–Kier alpha value is -0.650. The van der Waals surface area contributed by atoms with Crippen molar-refractivity contribution in [3.8, 4) is 5.75 Å². The molecule has 0 saturated carbocycles. The largest absolute Gasteiger partial charge is 0.507 e. The molecule has 0 radical (unpaired) electrons. The standard InChI is InChI=1S/C14H9Br3O2/c15-9-2-4-12(17)8(5-9)6-13(18)11-3-1-10(16)7-14(11)19/h1-5,7,19H,6H2. The van der Waals surface area contributed by atoms with Crippen LogP contribution in [-0.4, -0.2) is 10.9 Å². The number of benzene rings is 2. The Morgan fingerprint density at radius 3 is 2.32 bits per heavy atom. The molecule has 0 aromatic heterocycles. The molecule has 0 unspecified atom stereocenters. The first-order valence-corrected chi connectivity index (χ1v) is 7.81. The minimum absolute atomic E-state index is 0.00880. The van der Waals surface area contributed by atoms with Crippen LogP contribution in [0.25, 0.3) is 0 Å². The summed E-state index contributed by atoms with van der Waals surface area (Å²) in [5.74, 6) is -0.130. The van der Waals surface area contributed by atoms with Crippen LogP contribution in [0.2, 0.25) is 0 Å². The van der Waals surface area contributed by atoms with Crippen molar-refractivity contribution < 1.29 is 9.90 Å². The van der Waals surface area contributed by atoms with E-state index in [1.165, 1.54) is 6.07 Å². The molecule has 2 rings (SSSR count). The molecular formula is C14H9Br3O2. The molecule has 0 amide bonds. The molecular weight excluding hydrogens is 440 g/mol. The number of phenols is 1. The number of hydrogen-bond donors (Lipinski definition) is 1. The van der Waals surface area contributed by atoms with E-state index in [1.54, 1.807) is 12.1 Å². The van der Waals surface area contributed by atoms with Crippen molar-refractivity contribution in [1.29, 1.82) is 0 Å². The molecule has 0 aliphatic carbocycles. The molecule has 0 spiro atoms. The monoisotopic (exact) mass is 446 g/mol. The maximum absolute atomic E-state index is 12.2. The summed E-state index contributed by atoms with van der Waals surface area (Å²) >= 11 is 10.0. The highest BCUT2D eigenvalue weighted by atomic mass is 79.9. The summed E-state index contributed by atoms with van der Waals surface area (Å²) < 4.78 is 2.53. The molecule has 0 aliphatic rings. The zero-order valence-electron chi connectivity index (χ0n) is 9.66. The zero-order valence-corrected chi connectivity index (χ0v) is 14.4. The molecule has 2 aromatic rings. The van der Waals surface area contributed by atoms with Gasteiger partial charge in [0, 0.05) is 19.8 Å². The number of phenolic OH excluding ortho intramolecular Hbond substituents is 1. The third kappa shape index (κ3) is 3.68. The Kier molecular flexibility index (Phi) is 4.81. The van der Waals surface area contributed by atoms with Gasteiger partial charge in [-0.25, -0.2) is 0 Å². The number of carbonyl (C=O) groups is 1. The number of halogens is 3. The highest BCUT2D eigenvalue weighted by Gasteiger charge is 2.13. The van der Waals surface area contributed by atoms with E-state index in [9.17, 15) is 9.90 Å². The second-order valence-corrected chi connectivity index (χ2v) is 6.68. The summed E-state index contributed by atoms with van der Waals surface area (Å²) in [5.41, 5.74) is 1.21. The lowest BCUT2D eigenvalue weighted by molar-refractivity contribution is 0.0990. The summed E-state index contributed by atoms with van der Waals surface area (Å²) in [6.07, 6.45) is 0.231. The van der Waals surface area contributed by atoms with E-state index in [0.29, 0.717) is 5.56 Å². The lowest BCUT2D eigenvalue weighted by Crippen LogP contribution is -2.04. The van der Waals surface area contributed by atoms with Crippen LogP contribution < -0.4 is 0 Å². The highest BCUT2D eigenvalue weighted by Crippen LogP contribution is 2.26. The average Bonchev–Trinajstić information content (AvgIpc) is 2.33. The fourth-order valence-electron chi connectivity index (χ4n) is 1.69. The van der Waals surface area contributed by atoms with Gasteiger partial charge in [-0.05, 0) is 42.0 Å². The van der Waals surface area contributed by atoms with E-state index < -0.39 is 0 Å². The summed E-state index contributed by atoms with van der Waals surface area (Å²) in [4.78, 5) is 12.2. The van der Waals surface area contributed by atoms with Crippen molar-refractivity contribution in [3.63, 3.8) is 0 Å². The molecule has 1 N–H and O–H groups in total. The van der Waals surface area contributed by atoms with Crippen LogP contribution in [-0.2, 0) is 6.42 Å². The molecule has 19 heavy (non-hydrogen) atoms. The van der Waals surface area contributed by atoms with Crippen LogP contribution in [0.4, 0.5) is 0 Å². The fraction of sp³-hybridized carbons (Fsp3) is 0.0714. The van der Waals surface area contributed by atoms with E-state index in [4.69, 9.17) is 0 Å². The van der Waals surface area contributed by atoms with Gasteiger partial charge in [0.2, 0.25) is 0 Å². The number of hydrogen-bond acceptors (Lipinski definition) is 2. The van der Waals surface area contributed by atoms with Crippen LogP contribution >= 0.6 is 47.8 Å². The first kappa shape index (κ1) is 14.8. The van der Waals surface area contributed by atoms with Gasteiger partial charge in [0.25, 0.3) is 0 Å². The number of aromatic hydroxyl groups is 1. The summed E-state index contributed by atoms with van der Waals surface area (Å²) in [7, 11) is 0. The van der Waals surface area contributed by atoms with Crippen LogP contribution in [0.1, 0.15) is 15.9 Å². The number of Topliss-reactive ketones (excluding diaryl/α,β-unsaturated/α-hetero) is 1. The van der Waals surface area contributed by atoms with E-state index in [2.05, 4.69) is 47.8 Å². The highest BCUT2D eigenvalue weighted by molar-refractivity contribution is 9.11. The quantitative estimate of drug-likeness (QED) is 0.663. The third-order valence-electron chi connectivity index (χ3n) is 2.62. The lowest BCUT2D eigenvalue weighted by atomic mass is 10.0. The first-order valence-electron chi connectivity index (χ1n) is 5.43. The normalized spacial score (nSPS) is 10.5. The average molecular weight is 449 g/mol. The topological polar surface area (TPSA) is 37.3 Å². The van der Waals surface area contributed by atoms with Crippen LogP contribution in [0.15, 0.2) is 49.8 Å². The van der Waals surface area contributed by atoms with Gasteiger partial charge in [0.15, 0.2) is 5.78 Å². The van der Waals surface area contributed by atoms with Gasteiger partial charge in [-0.2, -0.15) is 0 Å². The molecule has 0 bridgehead atoms. The van der Waals surface area contributed by atoms with Gasteiger partial charge >= 0.3 is 0 Å². The van der Waals surface area contributed by atoms with Gasteiger partial charge in [0.1, 0.15) is 5.75 Å². The molecule has 2 nitrogen and oxygen atoms in total. The van der Waals surface area contributed by atoms with E-state index in [1.807, 2.05) is 18.2 Å². The van der Waals surface area contributed by atoms with Crippen molar-refractivity contribution in [1.82, 2.24) is 0 Å². The second kappa shape index (κ2) is 6.20. The number of ketones is 1. The lowest BCUT2D eigenvalue weighted by Gasteiger charge is -2.07. The van der Waals surface area contributed by atoms with Gasteiger partial charge in [-0.3, -0.25) is 4.79 Å². The predicted molar refractivity (Wildman–Crippen MR) is 85.7 cm³/mol. The molecule has 5 heteroatoms. The van der Waals surface area contributed by atoms with Crippen molar-refractivity contribution in [2.24, 2.45) is 0 Å². The van der Waals surface area contributed by atoms with E-state index in [-0.39, 0.29) is 18.0 Å². The first-order chi connectivity index (χ1) is 8.97. The van der Waals surface area contributed by atoms with Crippen molar-refractivity contribution in [2.45, 2.75) is 6.42 Å². The van der Waals surface area contributed by atoms with Crippen molar-refractivity contribution in [2.75, 3.05) is 0 Å². The van der Waals surface area contributed by atoms with Gasteiger partial charge in [0.05, 0.1) is 5.56 Å².